The Hall–Kier alpha value is -0.830. The van der Waals surface area contributed by atoms with E-state index < -0.39 is 0 Å². The first-order chi connectivity index (χ1) is 6.42. The van der Waals surface area contributed by atoms with Gasteiger partial charge in [-0.25, -0.2) is 0 Å². The lowest BCUT2D eigenvalue weighted by atomic mass is 10.1. The Morgan fingerprint density at radius 2 is 2.46 bits per heavy atom. The van der Waals surface area contributed by atoms with E-state index in [1.54, 1.807) is 0 Å². The summed E-state index contributed by atoms with van der Waals surface area (Å²) in [5.74, 6) is 0.798. The third-order valence-corrected chi connectivity index (χ3v) is 2.61. The predicted octanol–water partition coefficient (Wildman–Crippen LogP) is 1.44. The Bertz CT molecular complexity index is 263. The molecule has 3 heteroatoms. The van der Waals surface area contributed by atoms with E-state index in [0.717, 1.165) is 18.9 Å². The Kier molecular flexibility index (Phi) is 2.64. The molecule has 3 nitrogen and oxygen atoms in total. The molecule has 0 radical (unpaired) electrons. The summed E-state index contributed by atoms with van der Waals surface area (Å²) < 4.78 is 0. The number of hydrogen-bond donors (Lipinski definition) is 2. The molecular formula is C10H17N3. The van der Waals surface area contributed by atoms with Gasteiger partial charge in [-0.15, -0.1) is 0 Å². The zero-order valence-electron chi connectivity index (χ0n) is 8.14. The largest absolute Gasteiger partial charge is 0.320 e. The van der Waals surface area contributed by atoms with Crippen LogP contribution in [0.25, 0.3) is 0 Å². The highest BCUT2D eigenvalue weighted by molar-refractivity contribution is 5.24. The average molecular weight is 179 g/mol. The third-order valence-electron chi connectivity index (χ3n) is 2.61. The first-order valence-corrected chi connectivity index (χ1v) is 5.08. The van der Waals surface area contributed by atoms with Crippen LogP contribution < -0.4 is 5.32 Å². The summed E-state index contributed by atoms with van der Waals surface area (Å²) in [4.78, 5) is 0. The summed E-state index contributed by atoms with van der Waals surface area (Å²) in [5.41, 5.74) is 2.83. The first-order valence-electron chi connectivity index (χ1n) is 5.08. The molecule has 0 aliphatic heterocycles. The topological polar surface area (TPSA) is 40.7 Å². The van der Waals surface area contributed by atoms with E-state index in [9.17, 15) is 0 Å². The lowest BCUT2D eigenvalue weighted by molar-refractivity contribution is 0.721. The molecule has 0 saturated heterocycles. The highest BCUT2D eigenvalue weighted by Gasteiger charge is 2.27. The average Bonchev–Trinajstić information content (AvgIpc) is 2.88. The van der Waals surface area contributed by atoms with Crippen LogP contribution in [-0.2, 0) is 6.42 Å². The second kappa shape index (κ2) is 3.92. The Labute approximate surface area is 78.9 Å². The molecule has 0 bridgehead atoms. The van der Waals surface area contributed by atoms with Gasteiger partial charge in [0.2, 0.25) is 0 Å². The quantitative estimate of drug-likeness (QED) is 0.671. The minimum Gasteiger partial charge on any atom is -0.320 e. The first kappa shape index (κ1) is 8.75. The van der Waals surface area contributed by atoms with Crippen LogP contribution >= 0.6 is 0 Å². The molecule has 1 fully saturated rings. The van der Waals surface area contributed by atoms with Crippen LogP contribution in [0.1, 0.15) is 36.4 Å². The van der Waals surface area contributed by atoms with Gasteiger partial charge in [-0.1, -0.05) is 0 Å². The number of rotatable bonds is 5. The Balaban J connectivity index is 1.90. The van der Waals surface area contributed by atoms with Crippen LogP contribution in [-0.4, -0.2) is 23.8 Å². The highest BCUT2D eigenvalue weighted by Crippen LogP contribution is 2.40. The van der Waals surface area contributed by atoms with Gasteiger partial charge in [0.1, 0.15) is 0 Å². The van der Waals surface area contributed by atoms with E-state index in [1.807, 2.05) is 13.2 Å². The van der Waals surface area contributed by atoms with E-state index in [2.05, 4.69) is 15.5 Å². The summed E-state index contributed by atoms with van der Waals surface area (Å²) in [6.45, 7) is 1.09. The maximum atomic E-state index is 4.12. The number of nitrogens with zero attached hydrogens (tertiary/aromatic N) is 1. The van der Waals surface area contributed by atoms with Crippen LogP contribution in [0, 0.1) is 0 Å². The van der Waals surface area contributed by atoms with Gasteiger partial charge in [0.25, 0.3) is 0 Å². The van der Waals surface area contributed by atoms with Crippen molar-refractivity contribution in [1.82, 2.24) is 15.5 Å². The van der Waals surface area contributed by atoms with E-state index >= 15 is 0 Å². The van der Waals surface area contributed by atoms with E-state index in [4.69, 9.17) is 0 Å². The molecule has 72 valence electrons. The van der Waals surface area contributed by atoms with Crippen LogP contribution in [0.15, 0.2) is 6.20 Å². The minimum absolute atomic E-state index is 0.798. The molecule has 0 atom stereocenters. The van der Waals surface area contributed by atoms with Gasteiger partial charge in [-0.05, 0) is 44.8 Å². The normalized spacial score (nSPS) is 16.4. The third kappa shape index (κ3) is 2.10. The minimum atomic E-state index is 0.798. The standard InChI is InChI=1S/C10H17N3/c1-11-6-2-3-9-7-12-13-10(9)8-4-5-8/h7-8,11H,2-6H2,1H3,(H,12,13). The molecule has 13 heavy (non-hydrogen) atoms. The van der Waals surface area contributed by atoms with Crippen molar-refractivity contribution in [2.24, 2.45) is 0 Å². The van der Waals surface area contributed by atoms with E-state index in [0.29, 0.717) is 0 Å². The monoisotopic (exact) mass is 179 g/mol. The molecule has 2 N–H and O–H groups in total. The molecule has 0 aromatic carbocycles. The number of nitrogens with one attached hydrogen (secondary N) is 2. The number of hydrogen-bond acceptors (Lipinski definition) is 2. The van der Waals surface area contributed by atoms with Gasteiger partial charge < -0.3 is 5.32 Å². The fourth-order valence-corrected chi connectivity index (χ4v) is 1.70. The van der Waals surface area contributed by atoms with Crippen molar-refractivity contribution < 1.29 is 0 Å². The van der Waals surface area contributed by atoms with Crippen molar-refractivity contribution in [3.63, 3.8) is 0 Å². The van der Waals surface area contributed by atoms with Crippen molar-refractivity contribution in [2.45, 2.75) is 31.6 Å². The Morgan fingerprint density at radius 1 is 1.62 bits per heavy atom. The summed E-state index contributed by atoms with van der Waals surface area (Å²) in [6, 6.07) is 0. The molecule has 1 aromatic heterocycles. The summed E-state index contributed by atoms with van der Waals surface area (Å²) in [7, 11) is 2.00. The summed E-state index contributed by atoms with van der Waals surface area (Å²) in [5, 5.41) is 10.4. The fourth-order valence-electron chi connectivity index (χ4n) is 1.70. The van der Waals surface area contributed by atoms with Crippen molar-refractivity contribution in [3.05, 3.63) is 17.5 Å². The lowest BCUT2D eigenvalue weighted by Crippen LogP contribution is -2.08. The zero-order chi connectivity index (χ0) is 9.10. The van der Waals surface area contributed by atoms with Crippen LogP contribution in [0.4, 0.5) is 0 Å². The van der Waals surface area contributed by atoms with Gasteiger partial charge in [-0.2, -0.15) is 5.10 Å². The lowest BCUT2D eigenvalue weighted by Gasteiger charge is -2.00. The van der Waals surface area contributed by atoms with Gasteiger partial charge >= 0.3 is 0 Å². The fraction of sp³-hybridized carbons (Fsp3) is 0.700. The number of aromatic amines is 1. The molecule has 1 aromatic rings. The van der Waals surface area contributed by atoms with Gasteiger partial charge in [0.05, 0.1) is 6.20 Å². The van der Waals surface area contributed by atoms with E-state index in [-0.39, 0.29) is 0 Å². The Morgan fingerprint density at radius 3 is 3.15 bits per heavy atom. The zero-order valence-corrected chi connectivity index (χ0v) is 8.14. The van der Waals surface area contributed by atoms with Crippen molar-refractivity contribution in [3.8, 4) is 0 Å². The SMILES string of the molecule is CNCCCc1cn[nH]c1C1CC1. The van der Waals surface area contributed by atoms with Gasteiger partial charge in [-0.3, -0.25) is 5.10 Å². The predicted molar refractivity (Wildman–Crippen MR) is 52.8 cm³/mol. The maximum Gasteiger partial charge on any atom is 0.0522 e. The van der Waals surface area contributed by atoms with Crippen molar-refractivity contribution in [1.29, 1.82) is 0 Å². The molecule has 1 aliphatic rings. The number of aromatic nitrogens is 2. The van der Waals surface area contributed by atoms with E-state index in [1.165, 1.54) is 30.5 Å². The molecular weight excluding hydrogens is 162 g/mol. The van der Waals surface area contributed by atoms with Gasteiger partial charge in [0, 0.05) is 11.6 Å². The molecule has 0 unspecified atom stereocenters. The smallest absolute Gasteiger partial charge is 0.0522 e. The second-order valence-electron chi connectivity index (χ2n) is 3.79. The van der Waals surface area contributed by atoms with Crippen LogP contribution in [0.3, 0.4) is 0 Å². The van der Waals surface area contributed by atoms with Gasteiger partial charge in [0.15, 0.2) is 0 Å². The molecule has 2 rings (SSSR count). The molecule has 0 spiro atoms. The summed E-state index contributed by atoms with van der Waals surface area (Å²) >= 11 is 0. The number of H-pyrrole nitrogens is 1. The molecule has 0 amide bonds. The number of aryl methyl sites for hydroxylation is 1. The summed E-state index contributed by atoms with van der Waals surface area (Å²) in [6.07, 6.45) is 7.05. The van der Waals surface area contributed by atoms with Crippen LogP contribution in [0.5, 0.6) is 0 Å². The maximum absolute atomic E-state index is 4.12. The molecule has 1 saturated carbocycles. The second-order valence-corrected chi connectivity index (χ2v) is 3.79. The highest BCUT2D eigenvalue weighted by atomic mass is 15.1. The molecule has 1 heterocycles. The molecule has 1 aliphatic carbocycles. The van der Waals surface area contributed by atoms with Crippen LogP contribution in [0.2, 0.25) is 0 Å². The van der Waals surface area contributed by atoms with Crippen molar-refractivity contribution in [2.75, 3.05) is 13.6 Å². The van der Waals surface area contributed by atoms with Crippen molar-refractivity contribution >= 4 is 0 Å².